The second-order valence-electron chi connectivity index (χ2n) is 8.20. The molecule has 0 spiro atoms. The number of morpholine rings is 1. The number of anilines is 1. The molecule has 0 saturated carbocycles. The monoisotopic (exact) mass is 497 g/mol. The summed E-state index contributed by atoms with van der Waals surface area (Å²) < 4.78 is 32.5. The molecule has 34 heavy (non-hydrogen) atoms. The van der Waals surface area contributed by atoms with Gasteiger partial charge in [0.05, 0.1) is 18.1 Å². The van der Waals surface area contributed by atoms with Crippen molar-refractivity contribution in [3.8, 4) is 0 Å². The van der Waals surface area contributed by atoms with Gasteiger partial charge in [-0.3, -0.25) is 4.79 Å². The second kappa shape index (κ2) is 9.38. The van der Waals surface area contributed by atoms with Crippen LogP contribution in [0.5, 0.6) is 0 Å². The predicted molar refractivity (Wildman–Crippen MR) is 130 cm³/mol. The van der Waals surface area contributed by atoms with E-state index < -0.39 is 16.2 Å². The maximum absolute atomic E-state index is 13.2. The van der Waals surface area contributed by atoms with E-state index in [9.17, 15) is 13.2 Å². The number of nitrogens with one attached hydrogen (secondary N) is 1. The number of sulfonamides is 1. The van der Waals surface area contributed by atoms with Crippen LogP contribution in [0.3, 0.4) is 0 Å². The summed E-state index contributed by atoms with van der Waals surface area (Å²) in [5, 5.41) is 4.01. The lowest BCUT2D eigenvalue weighted by molar-refractivity contribution is 0.0728. The van der Waals surface area contributed by atoms with Crippen LogP contribution in [0.4, 0.5) is 5.69 Å². The van der Waals surface area contributed by atoms with Crippen LogP contribution >= 0.6 is 11.6 Å². The lowest BCUT2D eigenvalue weighted by Gasteiger charge is -2.28. The number of ether oxygens (including phenoxy) is 1. The zero-order valence-corrected chi connectivity index (χ0v) is 19.9. The van der Waals surface area contributed by atoms with E-state index in [-0.39, 0.29) is 10.8 Å². The quantitative estimate of drug-likeness (QED) is 0.554. The van der Waals surface area contributed by atoms with Gasteiger partial charge < -0.3 is 15.0 Å². The van der Waals surface area contributed by atoms with Crippen molar-refractivity contribution in [2.75, 3.05) is 31.6 Å². The van der Waals surface area contributed by atoms with Crippen LogP contribution in [0.15, 0.2) is 77.7 Å². The maximum Gasteiger partial charge on any atom is 0.256 e. The molecule has 1 amide bonds. The zero-order valence-electron chi connectivity index (χ0n) is 18.4. The zero-order chi connectivity index (χ0) is 23.7. The number of benzene rings is 3. The van der Waals surface area contributed by atoms with E-state index in [0.717, 1.165) is 11.1 Å². The topological polar surface area (TPSA) is 79.0 Å². The van der Waals surface area contributed by atoms with Crippen LogP contribution in [-0.4, -0.2) is 49.8 Å². The number of fused-ring (bicyclic) bond motifs is 1. The lowest BCUT2D eigenvalue weighted by atomic mass is 10.1. The Kier molecular flexibility index (Phi) is 6.31. The Morgan fingerprint density at radius 3 is 2.35 bits per heavy atom. The average Bonchev–Trinajstić information content (AvgIpc) is 3.12. The molecule has 0 radical (unpaired) electrons. The summed E-state index contributed by atoms with van der Waals surface area (Å²) in [6, 6.07) is 21.6. The predicted octanol–water partition coefficient (Wildman–Crippen LogP) is 4.13. The number of nitrogens with zero attached hydrogens (tertiary/aromatic N) is 2. The fourth-order valence-corrected chi connectivity index (χ4v) is 5.92. The lowest BCUT2D eigenvalue weighted by Crippen LogP contribution is -2.40. The van der Waals surface area contributed by atoms with Crippen molar-refractivity contribution in [2.24, 2.45) is 0 Å². The third kappa shape index (κ3) is 4.30. The van der Waals surface area contributed by atoms with Gasteiger partial charge in [0.25, 0.3) is 5.91 Å². The molecule has 7 nitrogen and oxygen atoms in total. The Hall–Kier alpha value is -2.91. The van der Waals surface area contributed by atoms with E-state index in [0.29, 0.717) is 49.1 Å². The van der Waals surface area contributed by atoms with E-state index >= 15 is 0 Å². The molecule has 2 heterocycles. The molecule has 3 aromatic carbocycles. The van der Waals surface area contributed by atoms with Crippen molar-refractivity contribution in [3.63, 3.8) is 0 Å². The van der Waals surface area contributed by atoms with Gasteiger partial charge in [-0.25, -0.2) is 8.42 Å². The van der Waals surface area contributed by atoms with Crippen molar-refractivity contribution in [2.45, 2.75) is 17.6 Å². The standard InChI is InChI=1S/C25H24ClN3O4S/c26-23-8-4-1-5-18(23)17-29-24(21-6-2-3-7-22(21)25(29)30)27-19-9-11-20(12-10-19)34(31,32)28-13-15-33-16-14-28/h1-12,24,27H,13-17H2. The minimum atomic E-state index is -3.57. The Labute approximate surface area is 203 Å². The number of amides is 1. The van der Waals surface area contributed by atoms with Crippen molar-refractivity contribution in [1.82, 2.24) is 9.21 Å². The summed E-state index contributed by atoms with van der Waals surface area (Å²) >= 11 is 6.37. The fourth-order valence-electron chi connectivity index (χ4n) is 4.32. The molecule has 0 aliphatic carbocycles. The highest BCUT2D eigenvalue weighted by molar-refractivity contribution is 7.89. The van der Waals surface area contributed by atoms with Gasteiger partial charge in [-0.2, -0.15) is 4.31 Å². The SMILES string of the molecule is O=C1c2ccccc2C(Nc2ccc(S(=O)(=O)N3CCOCC3)cc2)N1Cc1ccccc1Cl. The van der Waals surface area contributed by atoms with Gasteiger partial charge in [-0.1, -0.05) is 48.0 Å². The number of rotatable bonds is 6. The first-order valence-corrected chi connectivity index (χ1v) is 12.8. The van der Waals surface area contributed by atoms with Gasteiger partial charge in [-0.05, 0) is 42.0 Å². The maximum atomic E-state index is 13.2. The van der Waals surface area contributed by atoms with Crippen LogP contribution in [0, 0.1) is 0 Å². The first-order chi connectivity index (χ1) is 16.4. The van der Waals surface area contributed by atoms with E-state index in [2.05, 4.69) is 5.32 Å². The van der Waals surface area contributed by atoms with Gasteiger partial charge in [-0.15, -0.1) is 0 Å². The highest BCUT2D eigenvalue weighted by Crippen LogP contribution is 2.36. The normalized spacial score (nSPS) is 18.7. The highest BCUT2D eigenvalue weighted by atomic mass is 35.5. The molecule has 2 aliphatic heterocycles. The molecule has 0 bridgehead atoms. The van der Waals surface area contributed by atoms with E-state index in [1.54, 1.807) is 35.2 Å². The molecule has 9 heteroatoms. The summed E-state index contributed by atoms with van der Waals surface area (Å²) in [6.45, 7) is 1.83. The summed E-state index contributed by atoms with van der Waals surface area (Å²) in [4.78, 5) is 15.2. The van der Waals surface area contributed by atoms with Gasteiger partial charge in [0, 0.05) is 41.5 Å². The van der Waals surface area contributed by atoms with Gasteiger partial charge in [0.2, 0.25) is 10.0 Å². The molecule has 5 rings (SSSR count). The van der Waals surface area contributed by atoms with E-state index in [1.807, 2.05) is 42.5 Å². The summed E-state index contributed by atoms with van der Waals surface area (Å²) in [7, 11) is -3.57. The van der Waals surface area contributed by atoms with Gasteiger partial charge in [0.1, 0.15) is 6.17 Å². The highest BCUT2D eigenvalue weighted by Gasteiger charge is 2.36. The molecule has 3 aromatic rings. The van der Waals surface area contributed by atoms with Crippen molar-refractivity contribution in [1.29, 1.82) is 0 Å². The number of carbonyl (C=O) groups excluding carboxylic acids is 1. The number of hydrogen-bond acceptors (Lipinski definition) is 5. The number of carbonyl (C=O) groups is 1. The van der Waals surface area contributed by atoms with Crippen LogP contribution in [-0.2, 0) is 21.3 Å². The first kappa shape index (κ1) is 22.9. The Morgan fingerprint density at radius 2 is 1.62 bits per heavy atom. The smallest absolute Gasteiger partial charge is 0.256 e. The summed E-state index contributed by atoms with van der Waals surface area (Å²) in [5.41, 5.74) is 3.06. The average molecular weight is 498 g/mol. The molecule has 176 valence electrons. The summed E-state index contributed by atoms with van der Waals surface area (Å²) in [6.07, 6.45) is -0.415. The first-order valence-electron chi connectivity index (χ1n) is 11.0. The molecular formula is C25H24ClN3O4S. The minimum absolute atomic E-state index is 0.0838. The molecule has 0 aromatic heterocycles. The molecule has 1 unspecified atom stereocenters. The van der Waals surface area contributed by atoms with Gasteiger partial charge >= 0.3 is 0 Å². The Bertz CT molecular complexity index is 1310. The minimum Gasteiger partial charge on any atom is -0.379 e. The third-order valence-corrected chi connectivity index (χ3v) is 8.40. The van der Waals surface area contributed by atoms with Crippen LogP contribution in [0.25, 0.3) is 0 Å². The third-order valence-electron chi connectivity index (χ3n) is 6.12. The Morgan fingerprint density at radius 1 is 0.941 bits per heavy atom. The van der Waals surface area contributed by atoms with Gasteiger partial charge in [0.15, 0.2) is 0 Å². The van der Waals surface area contributed by atoms with Crippen molar-refractivity contribution < 1.29 is 17.9 Å². The number of halogens is 1. The molecule has 1 fully saturated rings. The van der Waals surface area contributed by atoms with E-state index in [1.165, 1.54) is 4.31 Å². The molecule has 1 atom stereocenters. The Balaban J connectivity index is 1.41. The van der Waals surface area contributed by atoms with Crippen LogP contribution in [0.1, 0.15) is 27.7 Å². The summed E-state index contributed by atoms with van der Waals surface area (Å²) in [5.74, 6) is -0.0838. The number of hydrogen-bond donors (Lipinski definition) is 1. The van der Waals surface area contributed by atoms with Crippen LogP contribution in [0.2, 0.25) is 5.02 Å². The molecule has 2 aliphatic rings. The molecule has 1 N–H and O–H groups in total. The molecular weight excluding hydrogens is 474 g/mol. The van der Waals surface area contributed by atoms with Crippen LogP contribution < -0.4 is 5.32 Å². The fraction of sp³-hybridized carbons (Fsp3) is 0.240. The van der Waals surface area contributed by atoms with E-state index in [4.69, 9.17) is 16.3 Å². The van der Waals surface area contributed by atoms with Crippen molar-refractivity contribution in [3.05, 3.63) is 94.5 Å². The second-order valence-corrected chi connectivity index (χ2v) is 10.5. The largest absolute Gasteiger partial charge is 0.379 e. The van der Waals surface area contributed by atoms with Crippen molar-refractivity contribution >= 4 is 33.2 Å². The molecule has 1 saturated heterocycles.